The second kappa shape index (κ2) is 6.70. The summed E-state index contributed by atoms with van der Waals surface area (Å²) in [5, 5.41) is 11.0. The predicted octanol–water partition coefficient (Wildman–Crippen LogP) is 1.50. The first-order chi connectivity index (χ1) is 10.1. The Morgan fingerprint density at radius 2 is 2.00 bits per heavy atom. The van der Waals surface area contributed by atoms with Crippen molar-refractivity contribution in [3.63, 3.8) is 0 Å². The van der Waals surface area contributed by atoms with Crippen LogP contribution in [-0.2, 0) is 9.59 Å². The molecule has 2 rings (SSSR count). The molecule has 21 heavy (non-hydrogen) atoms. The van der Waals surface area contributed by atoms with E-state index in [1.165, 1.54) is 0 Å². The van der Waals surface area contributed by atoms with E-state index in [-0.39, 0.29) is 23.8 Å². The van der Waals surface area contributed by atoms with Crippen LogP contribution in [0.25, 0.3) is 0 Å². The molecule has 2 atom stereocenters. The van der Waals surface area contributed by atoms with Gasteiger partial charge in [-0.1, -0.05) is 12.8 Å². The summed E-state index contributed by atoms with van der Waals surface area (Å²) >= 11 is 0. The topological polar surface area (TPSA) is 96.9 Å². The van der Waals surface area contributed by atoms with Crippen molar-refractivity contribution in [1.82, 2.24) is 5.32 Å². The Bertz CT molecular complexity index is 475. The van der Waals surface area contributed by atoms with Gasteiger partial charge in [-0.25, -0.2) is 0 Å². The number of carbonyl (C=O) groups is 2. The zero-order chi connectivity index (χ0) is 15.3. The third-order valence-electron chi connectivity index (χ3n) is 4.28. The standard InChI is InChI=1S/C15H22N4O2/c1-2-3-9-15(18-19-15)10-8-13(20)17-12-7-5-4-6-11(12)14(16)21/h1,11-12H,3-10H2,(H2,16,21)(H,17,20). The molecule has 6 nitrogen and oxygen atoms in total. The molecule has 0 aromatic rings. The van der Waals surface area contributed by atoms with E-state index in [2.05, 4.69) is 21.5 Å². The summed E-state index contributed by atoms with van der Waals surface area (Å²) in [6.07, 6.45) is 11.1. The number of rotatable bonds is 7. The molecule has 6 heteroatoms. The Morgan fingerprint density at radius 3 is 2.62 bits per heavy atom. The normalized spacial score (nSPS) is 25.9. The van der Waals surface area contributed by atoms with Gasteiger partial charge in [0.2, 0.25) is 11.8 Å². The van der Waals surface area contributed by atoms with Gasteiger partial charge in [0, 0.05) is 31.7 Å². The molecule has 0 aromatic carbocycles. The fourth-order valence-electron chi connectivity index (χ4n) is 2.90. The van der Waals surface area contributed by atoms with Crippen LogP contribution in [-0.4, -0.2) is 23.5 Å². The molecule has 1 fully saturated rings. The molecule has 1 aliphatic heterocycles. The molecule has 2 amide bonds. The second-order valence-electron chi connectivity index (χ2n) is 5.85. The van der Waals surface area contributed by atoms with Crippen molar-refractivity contribution < 1.29 is 9.59 Å². The van der Waals surface area contributed by atoms with Crippen molar-refractivity contribution in [2.45, 2.75) is 63.1 Å². The number of hydrogen-bond acceptors (Lipinski definition) is 4. The average Bonchev–Trinajstić information content (AvgIpc) is 3.24. The fraction of sp³-hybridized carbons (Fsp3) is 0.733. The summed E-state index contributed by atoms with van der Waals surface area (Å²) in [5.74, 6) is 1.94. The SMILES string of the molecule is C#CCCC1(CCC(=O)NC2CCCCC2C(N)=O)N=N1. The number of amides is 2. The minimum Gasteiger partial charge on any atom is -0.369 e. The van der Waals surface area contributed by atoms with Crippen molar-refractivity contribution >= 4 is 11.8 Å². The number of carbonyl (C=O) groups excluding carboxylic acids is 2. The van der Waals surface area contributed by atoms with Gasteiger partial charge in [0.25, 0.3) is 0 Å². The van der Waals surface area contributed by atoms with Gasteiger partial charge in [0.1, 0.15) is 0 Å². The van der Waals surface area contributed by atoms with Gasteiger partial charge < -0.3 is 11.1 Å². The smallest absolute Gasteiger partial charge is 0.222 e. The lowest BCUT2D eigenvalue weighted by Gasteiger charge is -2.30. The minimum atomic E-state index is -0.431. The Labute approximate surface area is 124 Å². The van der Waals surface area contributed by atoms with Crippen molar-refractivity contribution in [2.75, 3.05) is 0 Å². The van der Waals surface area contributed by atoms with Gasteiger partial charge in [-0.3, -0.25) is 9.59 Å². The molecule has 2 unspecified atom stereocenters. The molecular weight excluding hydrogens is 268 g/mol. The summed E-state index contributed by atoms with van der Waals surface area (Å²) in [5.41, 5.74) is 4.97. The highest BCUT2D eigenvalue weighted by molar-refractivity contribution is 5.80. The maximum Gasteiger partial charge on any atom is 0.222 e. The molecule has 0 saturated heterocycles. The number of primary amides is 1. The molecule has 2 aliphatic rings. The zero-order valence-corrected chi connectivity index (χ0v) is 12.2. The summed E-state index contributed by atoms with van der Waals surface area (Å²) in [7, 11) is 0. The van der Waals surface area contributed by atoms with Crippen molar-refractivity contribution in [1.29, 1.82) is 0 Å². The van der Waals surface area contributed by atoms with Crippen LogP contribution in [0.4, 0.5) is 0 Å². The number of hydrogen-bond donors (Lipinski definition) is 2. The molecule has 0 bridgehead atoms. The monoisotopic (exact) mass is 290 g/mol. The molecule has 1 saturated carbocycles. The quantitative estimate of drug-likeness (QED) is 0.695. The van der Waals surface area contributed by atoms with E-state index in [4.69, 9.17) is 12.2 Å². The predicted molar refractivity (Wildman–Crippen MR) is 78.0 cm³/mol. The molecule has 0 spiro atoms. The highest BCUT2D eigenvalue weighted by atomic mass is 16.2. The second-order valence-corrected chi connectivity index (χ2v) is 5.85. The summed E-state index contributed by atoms with van der Waals surface area (Å²) < 4.78 is 0. The van der Waals surface area contributed by atoms with Crippen LogP contribution in [0, 0.1) is 18.3 Å². The van der Waals surface area contributed by atoms with Crippen molar-refractivity contribution in [3.8, 4) is 12.3 Å². The van der Waals surface area contributed by atoms with Crippen LogP contribution < -0.4 is 11.1 Å². The van der Waals surface area contributed by atoms with Gasteiger partial charge in [0.05, 0.1) is 5.92 Å². The average molecular weight is 290 g/mol. The fourth-order valence-corrected chi connectivity index (χ4v) is 2.90. The first-order valence-electron chi connectivity index (χ1n) is 7.52. The Hall–Kier alpha value is -1.90. The van der Waals surface area contributed by atoms with Crippen molar-refractivity contribution in [2.24, 2.45) is 21.9 Å². The molecule has 114 valence electrons. The first-order valence-corrected chi connectivity index (χ1v) is 7.52. The van der Waals surface area contributed by atoms with Crippen LogP contribution >= 0.6 is 0 Å². The summed E-state index contributed by atoms with van der Waals surface area (Å²) in [6, 6.07) is -0.126. The van der Waals surface area contributed by atoms with E-state index in [0.29, 0.717) is 25.7 Å². The zero-order valence-electron chi connectivity index (χ0n) is 12.2. The maximum atomic E-state index is 12.0. The van der Waals surface area contributed by atoms with E-state index in [1.807, 2.05) is 0 Å². The van der Waals surface area contributed by atoms with Gasteiger partial charge in [-0.15, -0.1) is 12.3 Å². The molecular formula is C15H22N4O2. The molecule has 1 aliphatic carbocycles. The number of nitrogens with one attached hydrogen (secondary N) is 1. The van der Waals surface area contributed by atoms with E-state index >= 15 is 0 Å². The number of nitrogens with two attached hydrogens (primary N) is 1. The Kier molecular flexibility index (Phi) is 4.94. The minimum absolute atomic E-state index is 0.0643. The summed E-state index contributed by atoms with van der Waals surface area (Å²) in [4.78, 5) is 23.5. The highest BCUT2D eigenvalue weighted by Gasteiger charge is 2.39. The van der Waals surface area contributed by atoms with Gasteiger partial charge in [-0.05, 0) is 12.8 Å². The Balaban J connectivity index is 1.76. The maximum absolute atomic E-state index is 12.0. The van der Waals surface area contributed by atoms with Crippen LogP contribution in [0.5, 0.6) is 0 Å². The van der Waals surface area contributed by atoms with E-state index in [0.717, 1.165) is 25.7 Å². The number of terminal acetylenes is 1. The third kappa shape index (κ3) is 4.28. The lowest BCUT2D eigenvalue weighted by Crippen LogP contribution is -2.47. The molecule has 3 N–H and O–H groups in total. The first kappa shape index (κ1) is 15.5. The van der Waals surface area contributed by atoms with Crippen LogP contribution in [0.1, 0.15) is 51.4 Å². The summed E-state index contributed by atoms with van der Waals surface area (Å²) in [6.45, 7) is 0. The molecule has 0 aromatic heterocycles. The number of nitrogens with zero attached hydrogens (tertiary/aromatic N) is 2. The third-order valence-corrected chi connectivity index (χ3v) is 4.28. The van der Waals surface area contributed by atoms with Crippen LogP contribution in [0.15, 0.2) is 10.2 Å². The van der Waals surface area contributed by atoms with Gasteiger partial charge in [-0.2, -0.15) is 10.2 Å². The lowest BCUT2D eigenvalue weighted by atomic mass is 9.84. The largest absolute Gasteiger partial charge is 0.369 e. The Morgan fingerprint density at radius 1 is 1.29 bits per heavy atom. The molecule has 1 heterocycles. The van der Waals surface area contributed by atoms with Crippen LogP contribution in [0.2, 0.25) is 0 Å². The van der Waals surface area contributed by atoms with Crippen LogP contribution in [0.3, 0.4) is 0 Å². The highest BCUT2D eigenvalue weighted by Crippen LogP contribution is 2.37. The van der Waals surface area contributed by atoms with Gasteiger partial charge in [0.15, 0.2) is 5.66 Å². The lowest BCUT2D eigenvalue weighted by molar-refractivity contribution is -0.126. The van der Waals surface area contributed by atoms with Crippen molar-refractivity contribution in [3.05, 3.63) is 0 Å². The van der Waals surface area contributed by atoms with Gasteiger partial charge >= 0.3 is 0 Å². The van der Waals surface area contributed by atoms with E-state index in [9.17, 15) is 9.59 Å². The van der Waals surface area contributed by atoms with E-state index in [1.54, 1.807) is 0 Å². The van der Waals surface area contributed by atoms with E-state index < -0.39 is 5.66 Å². The molecule has 0 radical (unpaired) electrons.